The van der Waals surface area contributed by atoms with Crippen molar-refractivity contribution in [3.8, 4) is 0 Å². The molecule has 14 heavy (non-hydrogen) atoms. The van der Waals surface area contributed by atoms with Gasteiger partial charge in [-0.15, -0.1) is 0 Å². The van der Waals surface area contributed by atoms with E-state index >= 15 is 0 Å². The number of aliphatic carboxylic acids is 1. The molecule has 4 heteroatoms. The van der Waals surface area contributed by atoms with Gasteiger partial charge >= 0.3 is 5.97 Å². The summed E-state index contributed by atoms with van der Waals surface area (Å²) in [6.07, 6.45) is 3.17. The van der Waals surface area contributed by atoms with Crippen LogP contribution in [0, 0.1) is 5.92 Å². The molecule has 2 fully saturated rings. The van der Waals surface area contributed by atoms with Crippen molar-refractivity contribution >= 4 is 17.7 Å². The number of likely N-dealkylation sites (tertiary alicyclic amines) is 1. The summed E-state index contributed by atoms with van der Waals surface area (Å²) in [7, 11) is 0. The van der Waals surface area contributed by atoms with Crippen molar-refractivity contribution in [2.75, 3.05) is 24.6 Å². The highest BCUT2D eigenvalue weighted by Gasteiger charge is 2.30. The lowest BCUT2D eigenvalue weighted by Gasteiger charge is -2.34. The summed E-state index contributed by atoms with van der Waals surface area (Å²) in [6.45, 7) is 1.88. The zero-order chi connectivity index (χ0) is 9.97. The van der Waals surface area contributed by atoms with Gasteiger partial charge in [-0.25, -0.2) is 0 Å². The van der Waals surface area contributed by atoms with Gasteiger partial charge in [0.15, 0.2) is 0 Å². The largest absolute Gasteiger partial charge is 0.481 e. The summed E-state index contributed by atoms with van der Waals surface area (Å²) in [5.74, 6) is 1.72. The minimum Gasteiger partial charge on any atom is -0.481 e. The third-order valence-corrected chi connectivity index (χ3v) is 4.37. The molecule has 2 rings (SSSR count). The highest BCUT2D eigenvalue weighted by molar-refractivity contribution is 7.99. The van der Waals surface area contributed by atoms with Crippen LogP contribution in [0.1, 0.15) is 19.3 Å². The standard InChI is InChI=1S/C10H17NO2S/c12-10(13)8-2-1-4-11(6-8)9-3-5-14-7-9/h8-9H,1-7H2,(H,12,13)/t8-,9+/m0/s1. The Kier molecular flexibility index (Phi) is 3.34. The lowest BCUT2D eigenvalue weighted by atomic mass is 9.97. The van der Waals surface area contributed by atoms with Gasteiger partial charge in [0, 0.05) is 18.3 Å². The van der Waals surface area contributed by atoms with Gasteiger partial charge in [0.05, 0.1) is 5.92 Å². The Balaban J connectivity index is 1.89. The maximum Gasteiger partial charge on any atom is 0.307 e. The van der Waals surface area contributed by atoms with Crippen LogP contribution in [-0.2, 0) is 4.79 Å². The van der Waals surface area contributed by atoms with Crippen molar-refractivity contribution in [1.82, 2.24) is 4.90 Å². The number of hydrogen-bond donors (Lipinski definition) is 1. The van der Waals surface area contributed by atoms with Gasteiger partial charge in [-0.05, 0) is 31.6 Å². The maximum atomic E-state index is 10.9. The monoisotopic (exact) mass is 215 g/mol. The fourth-order valence-electron chi connectivity index (χ4n) is 2.35. The van der Waals surface area contributed by atoms with Crippen LogP contribution < -0.4 is 0 Å². The Morgan fingerprint density at radius 1 is 1.43 bits per heavy atom. The predicted molar refractivity (Wildman–Crippen MR) is 57.7 cm³/mol. The molecule has 2 heterocycles. The minimum atomic E-state index is -0.611. The average Bonchev–Trinajstić information content (AvgIpc) is 2.71. The van der Waals surface area contributed by atoms with E-state index in [1.807, 2.05) is 11.8 Å². The van der Waals surface area contributed by atoms with Crippen LogP contribution in [0.4, 0.5) is 0 Å². The smallest absolute Gasteiger partial charge is 0.307 e. The van der Waals surface area contributed by atoms with Crippen molar-refractivity contribution in [3.05, 3.63) is 0 Å². The van der Waals surface area contributed by atoms with Crippen molar-refractivity contribution in [2.24, 2.45) is 5.92 Å². The fraction of sp³-hybridized carbons (Fsp3) is 0.900. The van der Waals surface area contributed by atoms with E-state index in [9.17, 15) is 4.79 Å². The Morgan fingerprint density at radius 2 is 2.29 bits per heavy atom. The van der Waals surface area contributed by atoms with Crippen LogP contribution >= 0.6 is 11.8 Å². The number of carboxylic acid groups (broad SMARTS) is 1. The number of nitrogens with zero attached hydrogens (tertiary/aromatic N) is 1. The molecule has 0 aliphatic carbocycles. The average molecular weight is 215 g/mol. The number of piperidine rings is 1. The second-order valence-electron chi connectivity index (χ2n) is 4.19. The summed E-state index contributed by atoms with van der Waals surface area (Å²) in [5.41, 5.74) is 0. The molecule has 1 N–H and O–H groups in total. The predicted octanol–water partition coefficient (Wildman–Crippen LogP) is 1.29. The van der Waals surface area contributed by atoms with E-state index in [0.29, 0.717) is 6.04 Å². The SMILES string of the molecule is O=C(O)[C@H]1CCCN([C@@H]2CCSC2)C1. The van der Waals surface area contributed by atoms with E-state index in [1.54, 1.807) is 0 Å². The van der Waals surface area contributed by atoms with E-state index in [0.717, 1.165) is 25.9 Å². The molecule has 0 bridgehead atoms. The van der Waals surface area contributed by atoms with Crippen LogP contribution in [0.3, 0.4) is 0 Å². The molecule has 0 aromatic rings. The van der Waals surface area contributed by atoms with E-state index in [1.165, 1.54) is 17.9 Å². The molecule has 2 aliphatic rings. The molecule has 3 nitrogen and oxygen atoms in total. The molecular weight excluding hydrogens is 198 g/mol. The molecule has 80 valence electrons. The minimum absolute atomic E-state index is 0.116. The molecule has 0 amide bonds. The van der Waals surface area contributed by atoms with Crippen LogP contribution in [0.25, 0.3) is 0 Å². The molecule has 0 radical (unpaired) electrons. The summed E-state index contributed by atoms with van der Waals surface area (Å²) >= 11 is 2.00. The number of carboxylic acids is 1. The molecule has 0 saturated carbocycles. The first kappa shape index (κ1) is 10.3. The van der Waals surface area contributed by atoms with E-state index < -0.39 is 5.97 Å². The van der Waals surface area contributed by atoms with Crippen LogP contribution in [-0.4, -0.2) is 46.6 Å². The van der Waals surface area contributed by atoms with E-state index in [4.69, 9.17) is 5.11 Å². The third kappa shape index (κ3) is 2.23. The zero-order valence-electron chi connectivity index (χ0n) is 8.32. The Bertz CT molecular complexity index is 216. The number of thioether (sulfide) groups is 1. The van der Waals surface area contributed by atoms with Crippen molar-refractivity contribution in [1.29, 1.82) is 0 Å². The molecular formula is C10H17NO2S. The first-order valence-electron chi connectivity index (χ1n) is 5.32. The number of hydrogen-bond acceptors (Lipinski definition) is 3. The van der Waals surface area contributed by atoms with E-state index in [2.05, 4.69) is 4.90 Å². The maximum absolute atomic E-state index is 10.9. The van der Waals surface area contributed by atoms with E-state index in [-0.39, 0.29) is 5.92 Å². The number of carbonyl (C=O) groups is 1. The third-order valence-electron chi connectivity index (χ3n) is 3.22. The quantitative estimate of drug-likeness (QED) is 0.753. The molecule has 0 aromatic heterocycles. The Hall–Kier alpha value is -0.220. The van der Waals surface area contributed by atoms with Gasteiger partial charge < -0.3 is 5.11 Å². The number of rotatable bonds is 2. The van der Waals surface area contributed by atoms with Gasteiger partial charge in [0.1, 0.15) is 0 Å². The summed E-state index contributed by atoms with van der Waals surface area (Å²) in [6, 6.07) is 0.655. The molecule has 0 unspecified atom stereocenters. The van der Waals surface area contributed by atoms with Crippen molar-refractivity contribution in [3.63, 3.8) is 0 Å². The van der Waals surface area contributed by atoms with Crippen LogP contribution in [0.2, 0.25) is 0 Å². The highest BCUT2D eigenvalue weighted by Crippen LogP contribution is 2.26. The molecule has 0 aromatic carbocycles. The lowest BCUT2D eigenvalue weighted by Crippen LogP contribution is -2.44. The van der Waals surface area contributed by atoms with Gasteiger partial charge in [-0.2, -0.15) is 11.8 Å². The summed E-state index contributed by atoms with van der Waals surface area (Å²) in [5, 5.41) is 8.97. The normalized spacial score (nSPS) is 34.6. The Labute approximate surface area is 88.9 Å². The molecule has 2 aliphatic heterocycles. The zero-order valence-corrected chi connectivity index (χ0v) is 9.13. The second-order valence-corrected chi connectivity index (χ2v) is 5.34. The fourth-order valence-corrected chi connectivity index (χ4v) is 3.60. The van der Waals surface area contributed by atoms with Crippen molar-refractivity contribution in [2.45, 2.75) is 25.3 Å². The second kappa shape index (κ2) is 4.53. The van der Waals surface area contributed by atoms with Gasteiger partial charge in [-0.3, -0.25) is 9.69 Å². The van der Waals surface area contributed by atoms with Crippen molar-refractivity contribution < 1.29 is 9.90 Å². The first-order chi connectivity index (χ1) is 6.77. The topological polar surface area (TPSA) is 40.5 Å². The van der Waals surface area contributed by atoms with Gasteiger partial charge in [0.25, 0.3) is 0 Å². The Morgan fingerprint density at radius 3 is 2.93 bits per heavy atom. The first-order valence-corrected chi connectivity index (χ1v) is 6.47. The lowest BCUT2D eigenvalue weighted by molar-refractivity contribution is -0.143. The molecule has 2 atom stereocenters. The van der Waals surface area contributed by atoms with Gasteiger partial charge in [-0.1, -0.05) is 0 Å². The summed E-state index contributed by atoms with van der Waals surface area (Å²) < 4.78 is 0. The highest BCUT2D eigenvalue weighted by atomic mass is 32.2. The summed E-state index contributed by atoms with van der Waals surface area (Å²) in [4.78, 5) is 13.3. The van der Waals surface area contributed by atoms with Crippen LogP contribution in [0.15, 0.2) is 0 Å². The van der Waals surface area contributed by atoms with Gasteiger partial charge in [0.2, 0.25) is 0 Å². The van der Waals surface area contributed by atoms with Crippen LogP contribution in [0.5, 0.6) is 0 Å². The molecule has 0 spiro atoms. The molecule has 2 saturated heterocycles.